The number of hydrogen-bond donors (Lipinski definition) is 2. The number of imide groups is 1. The maximum Gasteiger partial charge on any atom is 0.325 e. The molecule has 4 amide bonds. The number of ether oxygens (including phenoxy) is 1. The van der Waals surface area contributed by atoms with Gasteiger partial charge >= 0.3 is 6.03 Å². The predicted octanol–water partition coefficient (Wildman–Crippen LogP) is 1.46. The quantitative estimate of drug-likeness (QED) is 0.617. The molecule has 180 valence electrons. The first-order chi connectivity index (χ1) is 15.6. The summed E-state index contributed by atoms with van der Waals surface area (Å²) in [6.07, 6.45) is 3.27. The molecule has 10 nitrogen and oxygen atoms in total. The van der Waals surface area contributed by atoms with Gasteiger partial charge in [-0.1, -0.05) is 25.8 Å². The van der Waals surface area contributed by atoms with E-state index in [1.54, 1.807) is 19.1 Å². The van der Waals surface area contributed by atoms with Crippen molar-refractivity contribution in [2.75, 3.05) is 38.2 Å². The lowest BCUT2D eigenvalue weighted by molar-refractivity contribution is -0.136. The van der Waals surface area contributed by atoms with Crippen LogP contribution in [0.1, 0.15) is 38.2 Å². The molecule has 2 atom stereocenters. The summed E-state index contributed by atoms with van der Waals surface area (Å²) in [4.78, 5) is 39.3. The van der Waals surface area contributed by atoms with Gasteiger partial charge in [-0.25, -0.2) is 13.2 Å². The van der Waals surface area contributed by atoms with Crippen LogP contribution in [0.3, 0.4) is 0 Å². The Morgan fingerprint density at radius 2 is 1.97 bits per heavy atom. The fourth-order valence-corrected chi connectivity index (χ4v) is 6.52. The molecule has 4 rings (SSSR count). The fraction of sp³-hybridized carbons (Fsp3) is 0.591. The van der Waals surface area contributed by atoms with Gasteiger partial charge < -0.3 is 15.4 Å². The highest BCUT2D eigenvalue weighted by Gasteiger charge is 2.55. The van der Waals surface area contributed by atoms with Gasteiger partial charge in [0.1, 0.15) is 12.1 Å². The number of morpholine rings is 1. The van der Waals surface area contributed by atoms with E-state index in [9.17, 15) is 22.8 Å². The normalized spacial score (nSPS) is 26.5. The molecule has 0 unspecified atom stereocenters. The Balaban J connectivity index is 1.47. The first kappa shape index (κ1) is 23.7. The van der Waals surface area contributed by atoms with Crippen molar-refractivity contribution < 1.29 is 27.5 Å². The number of benzene rings is 1. The predicted molar refractivity (Wildman–Crippen MR) is 120 cm³/mol. The zero-order valence-corrected chi connectivity index (χ0v) is 19.7. The molecule has 2 aliphatic heterocycles. The number of nitrogens with zero attached hydrogens (tertiary/aromatic N) is 2. The third-order valence-corrected chi connectivity index (χ3v) is 8.90. The van der Waals surface area contributed by atoms with E-state index >= 15 is 0 Å². The Morgan fingerprint density at radius 3 is 2.67 bits per heavy atom. The molecule has 1 aromatic carbocycles. The average Bonchev–Trinajstić information content (AvgIpc) is 3.02. The van der Waals surface area contributed by atoms with Gasteiger partial charge in [0.05, 0.1) is 18.1 Å². The van der Waals surface area contributed by atoms with E-state index in [1.807, 2.05) is 6.92 Å². The second kappa shape index (κ2) is 9.03. The van der Waals surface area contributed by atoms with E-state index in [0.717, 1.165) is 24.2 Å². The lowest BCUT2D eigenvalue weighted by Gasteiger charge is -2.36. The van der Waals surface area contributed by atoms with Crippen molar-refractivity contribution in [2.45, 2.75) is 50.0 Å². The lowest BCUT2D eigenvalue weighted by atomic mass is 9.73. The summed E-state index contributed by atoms with van der Waals surface area (Å²) in [5.41, 5.74) is -0.0918. The number of hydrogen-bond acceptors (Lipinski definition) is 6. The van der Waals surface area contributed by atoms with Crippen LogP contribution in [0.15, 0.2) is 23.1 Å². The molecule has 0 aromatic heterocycles. The SMILES string of the molecule is Cc1ccc(NC(=O)CN2C(=O)N[C@]3(CCCC[C@H]3C)C2=O)cc1S(=O)(=O)N1CCOCC1. The Bertz CT molecular complexity index is 1070. The van der Waals surface area contributed by atoms with Crippen LogP contribution >= 0.6 is 0 Å². The van der Waals surface area contributed by atoms with Gasteiger partial charge in [-0.15, -0.1) is 0 Å². The highest BCUT2D eigenvalue weighted by atomic mass is 32.2. The summed E-state index contributed by atoms with van der Waals surface area (Å²) in [6, 6.07) is 4.06. The van der Waals surface area contributed by atoms with Gasteiger partial charge in [0.25, 0.3) is 5.91 Å². The van der Waals surface area contributed by atoms with Crippen LogP contribution < -0.4 is 10.6 Å². The Labute approximate surface area is 193 Å². The van der Waals surface area contributed by atoms with Crippen LogP contribution in [0.2, 0.25) is 0 Å². The zero-order chi connectivity index (χ0) is 23.8. The highest BCUT2D eigenvalue weighted by Crippen LogP contribution is 2.38. The summed E-state index contributed by atoms with van der Waals surface area (Å²) in [6.45, 7) is 4.41. The summed E-state index contributed by atoms with van der Waals surface area (Å²) in [7, 11) is -3.74. The molecule has 0 radical (unpaired) electrons. The number of urea groups is 1. The molecule has 3 aliphatic rings. The maximum atomic E-state index is 13.1. The molecule has 2 N–H and O–H groups in total. The summed E-state index contributed by atoms with van der Waals surface area (Å²) < 4.78 is 32.7. The molecule has 0 bridgehead atoms. The first-order valence-electron chi connectivity index (χ1n) is 11.3. The monoisotopic (exact) mass is 478 g/mol. The number of rotatable bonds is 5. The van der Waals surface area contributed by atoms with E-state index < -0.39 is 34.0 Å². The molecule has 2 heterocycles. The van der Waals surface area contributed by atoms with Crippen molar-refractivity contribution in [3.05, 3.63) is 23.8 Å². The van der Waals surface area contributed by atoms with Crippen LogP contribution in [0, 0.1) is 12.8 Å². The molecule has 33 heavy (non-hydrogen) atoms. The molecule has 11 heteroatoms. The number of nitrogens with one attached hydrogen (secondary N) is 2. The minimum atomic E-state index is -3.74. The van der Waals surface area contributed by atoms with Gasteiger partial charge in [-0.3, -0.25) is 14.5 Å². The smallest absolute Gasteiger partial charge is 0.325 e. The Kier molecular flexibility index (Phi) is 6.47. The van der Waals surface area contributed by atoms with E-state index in [-0.39, 0.29) is 35.5 Å². The minimum Gasteiger partial charge on any atom is -0.379 e. The highest BCUT2D eigenvalue weighted by molar-refractivity contribution is 7.89. The summed E-state index contributed by atoms with van der Waals surface area (Å²) >= 11 is 0. The molecule has 2 saturated heterocycles. The van der Waals surface area contributed by atoms with Crippen molar-refractivity contribution >= 4 is 33.6 Å². The average molecular weight is 479 g/mol. The van der Waals surface area contributed by atoms with Gasteiger partial charge in [-0.2, -0.15) is 4.31 Å². The zero-order valence-electron chi connectivity index (χ0n) is 18.9. The molecule has 1 spiro atoms. The third-order valence-electron chi connectivity index (χ3n) is 6.86. The summed E-state index contributed by atoms with van der Waals surface area (Å²) in [5, 5.41) is 5.46. The van der Waals surface area contributed by atoms with Crippen LogP contribution in [-0.4, -0.2) is 73.9 Å². The van der Waals surface area contributed by atoms with Crippen LogP contribution in [0.25, 0.3) is 0 Å². The molecular weight excluding hydrogens is 448 g/mol. The third kappa shape index (κ3) is 4.36. The number of anilines is 1. The molecule has 1 aromatic rings. The number of carbonyl (C=O) groups excluding carboxylic acids is 3. The Morgan fingerprint density at radius 1 is 1.24 bits per heavy atom. The number of carbonyl (C=O) groups is 3. The number of aryl methyl sites for hydroxylation is 1. The minimum absolute atomic E-state index is 0.000752. The standard InChI is InChI=1S/C22H30N4O6S/c1-15-6-7-17(13-18(15)33(30,31)25-9-11-32-12-10-25)23-19(27)14-26-20(28)22(24-21(26)29)8-4-3-5-16(22)2/h6-7,13,16H,3-5,8-12,14H2,1-2H3,(H,23,27)(H,24,29)/t16-,22+/m1/s1. The van der Waals surface area contributed by atoms with E-state index in [2.05, 4.69) is 10.6 Å². The van der Waals surface area contributed by atoms with Gasteiger partial charge in [0, 0.05) is 18.8 Å². The molecule has 1 aliphatic carbocycles. The molecule has 3 fully saturated rings. The summed E-state index contributed by atoms with van der Waals surface area (Å²) in [5.74, 6) is -0.937. The Hall–Kier alpha value is -2.50. The number of amides is 4. The van der Waals surface area contributed by atoms with E-state index in [4.69, 9.17) is 4.74 Å². The van der Waals surface area contributed by atoms with Crippen molar-refractivity contribution in [3.63, 3.8) is 0 Å². The van der Waals surface area contributed by atoms with Gasteiger partial charge in [0.15, 0.2) is 0 Å². The second-order valence-electron chi connectivity index (χ2n) is 8.98. The molecular formula is C22H30N4O6S. The van der Waals surface area contributed by atoms with Crippen molar-refractivity contribution in [1.82, 2.24) is 14.5 Å². The topological polar surface area (TPSA) is 125 Å². The largest absolute Gasteiger partial charge is 0.379 e. The first-order valence-corrected chi connectivity index (χ1v) is 12.7. The fourth-order valence-electron chi connectivity index (χ4n) is 4.86. The molecule has 1 saturated carbocycles. The van der Waals surface area contributed by atoms with Crippen molar-refractivity contribution in [2.24, 2.45) is 5.92 Å². The number of sulfonamides is 1. The van der Waals surface area contributed by atoms with Crippen LogP contribution in [-0.2, 0) is 24.3 Å². The van der Waals surface area contributed by atoms with Crippen LogP contribution in [0.5, 0.6) is 0 Å². The van der Waals surface area contributed by atoms with Crippen molar-refractivity contribution in [3.8, 4) is 0 Å². The second-order valence-corrected chi connectivity index (χ2v) is 10.9. The maximum absolute atomic E-state index is 13.1. The van der Waals surface area contributed by atoms with Crippen molar-refractivity contribution in [1.29, 1.82) is 0 Å². The van der Waals surface area contributed by atoms with Gasteiger partial charge in [0.2, 0.25) is 15.9 Å². The van der Waals surface area contributed by atoms with Gasteiger partial charge in [-0.05, 0) is 43.4 Å². The lowest BCUT2D eigenvalue weighted by Crippen LogP contribution is -2.54. The van der Waals surface area contributed by atoms with E-state index in [0.29, 0.717) is 25.2 Å². The van der Waals surface area contributed by atoms with E-state index in [1.165, 1.54) is 10.4 Å². The van der Waals surface area contributed by atoms with Crippen LogP contribution in [0.4, 0.5) is 10.5 Å².